The van der Waals surface area contributed by atoms with E-state index >= 15 is 0 Å². The van der Waals surface area contributed by atoms with Crippen molar-refractivity contribution in [1.82, 2.24) is 14.8 Å². The van der Waals surface area contributed by atoms with Crippen LogP contribution in [0.1, 0.15) is 48.5 Å². The Hall–Kier alpha value is -2.58. The summed E-state index contributed by atoms with van der Waals surface area (Å²) in [5, 5.41) is 12.0. The van der Waals surface area contributed by atoms with E-state index in [1.807, 2.05) is 6.07 Å². The minimum atomic E-state index is -0.0829. The van der Waals surface area contributed by atoms with Gasteiger partial charge in [0.15, 0.2) is 0 Å². The number of benzene rings is 2. The number of aromatic nitrogens is 1. The van der Waals surface area contributed by atoms with Crippen LogP contribution >= 0.6 is 0 Å². The fourth-order valence-electron chi connectivity index (χ4n) is 7.15. The van der Waals surface area contributed by atoms with E-state index in [-0.39, 0.29) is 18.1 Å². The number of rotatable bonds is 7. The maximum absolute atomic E-state index is 10.7. The molecule has 6 rings (SSSR count). The van der Waals surface area contributed by atoms with Gasteiger partial charge in [0.1, 0.15) is 11.5 Å². The van der Waals surface area contributed by atoms with Crippen LogP contribution in [-0.4, -0.2) is 80.1 Å². The largest absolute Gasteiger partial charge is 0.497 e. The zero-order valence-corrected chi connectivity index (χ0v) is 22.7. The normalized spacial score (nSPS) is 22.6. The zero-order chi connectivity index (χ0) is 26.1. The number of hydrogen-bond donors (Lipinski definition) is 2. The maximum atomic E-state index is 10.7. The van der Waals surface area contributed by atoms with Crippen LogP contribution in [0.25, 0.3) is 10.9 Å². The molecule has 0 amide bonds. The van der Waals surface area contributed by atoms with Gasteiger partial charge in [-0.25, -0.2) is 0 Å². The van der Waals surface area contributed by atoms with Crippen molar-refractivity contribution in [1.29, 1.82) is 0 Å². The third-order valence-electron chi connectivity index (χ3n) is 9.21. The van der Waals surface area contributed by atoms with Crippen LogP contribution < -0.4 is 9.47 Å². The second-order valence-electron chi connectivity index (χ2n) is 11.4. The number of aliphatic hydroxyl groups is 1. The summed E-state index contributed by atoms with van der Waals surface area (Å²) in [5.74, 6) is 2.48. The number of ether oxygens (including phenoxy) is 3. The van der Waals surface area contributed by atoms with Crippen molar-refractivity contribution in [2.75, 3.05) is 60.2 Å². The van der Waals surface area contributed by atoms with Gasteiger partial charge in [-0.3, -0.25) is 4.90 Å². The van der Waals surface area contributed by atoms with E-state index in [9.17, 15) is 5.11 Å². The van der Waals surface area contributed by atoms with Gasteiger partial charge in [0.2, 0.25) is 0 Å². The first-order valence-electron chi connectivity index (χ1n) is 14.1. The van der Waals surface area contributed by atoms with E-state index in [4.69, 9.17) is 14.2 Å². The molecule has 7 heteroatoms. The number of aliphatic hydroxyl groups excluding tert-OH is 1. The molecular formula is C31H41N3O4. The van der Waals surface area contributed by atoms with E-state index in [0.717, 1.165) is 75.2 Å². The lowest BCUT2D eigenvalue weighted by atomic mass is 9.68. The van der Waals surface area contributed by atoms with E-state index in [0.29, 0.717) is 0 Å². The number of piperidine rings is 1. The summed E-state index contributed by atoms with van der Waals surface area (Å²) >= 11 is 0. The van der Waals surface area contributed by atoms with Crippen LogP contribution in [0.15, 0.2) is 42.5 Å². The summed E-state index contributed by atoms with van der Waals surface area (Å²) in [7, 11) is 3.43. The standard InChI is InChI=1S/C31H41N3O4/c1-36-24-5-3-4-23(16-24)19-34-21-31(10-12-33(13-11-31)18-22-8-14-38-15-9-22)29-26-7-6-25(37-2)17-27(26)32-30(29)28(34)20-35/h3-7,16-17,22,28,32,35H,8-15,18-21H2,1-2H3/t28-/m0/s1. The first kappa shape index (κ1) is 25.7. The maximum Gasteiger partial charge on any atom is 0.120 e. The van der Waals surface area contributed by atoms with E-state index in [1.54, 1.807) is 14.2 Å². The van der Waals surface area contributed by atoms with Crippen LogP contribution in [0.3, 0.4) is 0 Å². The van der Waals surface area contributed by atoms with Gasteiger partial charge in [0, 0.05) is 60.9 Å². The highest BCUT2D eigenvalue weighted by Crippen LogP contribution is 2.49. The SMILES string of the molecule is COc1cccc(CN2CC3(CCN(CC4CCOCC4)CC3)c3c([nH]c4cc(OC)ccc34)[C@@H]2CO)c1. The molecule has 38 heavy (non-hydrogen) atoms. The second kappa shape index (κ2) is 10.9. The molecule has 0 saturated carbocycles. The summed E-state index contributed by atoms with van der Waals surface area (Å²) in [6.45, 7) is 7.00. The topological polar surface area (TPSA) is 70.2 Å². The molecule has 2 fully saturated rings. The smallest absolute Gasteiger partial charge is 0.120 e. The van der Waals surface area contributed by atoms with Gasteiger partial charge < -0.3 is 29.2 Å². The molecule has 3 aliphatic rings. The number of H-pyrrole nitrogens is 1. The minimum absolute atomic E-state index is 0.0406. The number of likely N-dealkylation sites (tertiary alicyclic amines) is 1. The van der Waals surface area contributed by atoms with Crippen molar-refractivity contribution in [3.05, 3.63) is 59.3 Å². The third-order valence-corrected chi connectivity index (χ3v) is 9.21. The Balaban J connectivity index is 1.34. The fraction of sp³-hybridized carbons (Fsp3) is 0.548. The summed E-state index contributed by atoms with van der Waals surface area (Å²) in [6, 6.07) is 14.6. The highest BCUT2D eigenvalue weighted by molar-refractivity contribution is 5.87. The Morgan fingerprint density at radius 2 is 1.79 bits per heavy atom. The van der Waals surface area contributed by atoms with Gasteiger partial charge >= 0.3 is 0 Å². The van der Waals surface area contributed by atoms with Crippen molar-refractivity contribution in [3.8, 4) is 11.5 Å². The average Bonchev–Trinajstić information content (AvgIpc) is 3.34. The van der Waals surface area contributed by atoms with Gasteiger partial charge in [-0.2, -0.15) is 0 Å². The fourth-order valence-corrected chi connectivity index (χ4v) is 7.15. The Morgan fingerprint density at radius 3 is 2.53 bits per heavy atom. The first-order chi connectivity index (χ1) is 18.6. The molecule has 0 radical (unpaired) electrons. The molecule has 204 valence electrons. The van der Waals surface area contributed by atoms with Crippen LogP contribution in [0, 0.1) is 5.92 Å². The summed E-state index contributed by atoms with van der Waals surface area (Å²) in [6.07, 6.45) is 4.61. The van der Waals surface area contributed by atoms with Gasteiger partial charge in [0.25, 0.3) is 0 Å². The Kier molecular flexibility index (Phi) is 7.36. The van der Waals surface area contributed by atoms with Gasteiger partial charge in [-0.15, -0.1) is 0 Å². The number of aromatic amines is 1. The van der Waals surface area contributed by atoms with Gasteiger partial charge in [-0.1, -0.05) is 12.1 Å². The van der Waals surface area contributed by atoms with Crippen LogP contribution in [0.5, 0.6) is 11.5 Å². The number of fused-ring (bicyclic) bond motifs is 4. The molecule has 3 aromatic rings. The van der Waals surface area contributed by atoms with Gasteiger partial charge in [-0.05, 0) is 80.1 Å². The quantitative estimate of drug-likeness (QED) is 0.479. The second-order valence-corrected chi connectivity index (χ2v) is 11.4. The molecule has 2 aromatic carbocycles. The lowest BCUT2D eigenvalue weighted by Crippen LogP contribution is -2.54. The van der Waals surface area contributed by atoms with Crippen molar-refractivity contribution in [3.63, 3.8) is 0 Å². The molecule has 2 N–H and O–H groups in total. The molecule has 3 aliphatic heterocycles. The van der Waals surface area contributed by atoms with Crippen molar-refractivity contribution in [2.45, 2.75) is 43.7 Å². The molecule has 1 atom stereocenters. The summed E-state index contributed by atoms with van der Waals surface area (Å²) < 4.78 is 16.6. The van der Waals surface area contributed by atoms with Crippen molar-refractivity contribution in [2.24, 2.45) is 5.92 Å². The lowest BCUT2D eigenvalue weighted by molar-refractivity contribution is 0.0256. The predicted octanol–water partition coefficient (Wildman–Crippen LogP) is 4.49. The molecule has 4 heterocycles. The molecule has 0 bridgehead atoms. The highest BCUT2D eigenvalue weighted by Gasteiger charge is 2.47. The summed E-state index contributed by atoms with van der Waals surface area (Å²) in [4.78, 5) is 8.91. The molecule has 7 nitrogen and oxygen atoms in total. The van der Waals surface area contributed by atoms with E-state index in [1.165, 1.54) is 41.6 Å². The Bertz CT molecular complexity index is 1240. The number of nitrogens with one attached hydrogen (secondary N) is 1. The molecule has 1 aromatic heterocycles. The Morgan fingerprint density at radius 1 is 1.03 bits per heavy atom. The number of hydrogen-bond acceptors (Lipinski definition) is 6. The van der Waals surface area contributed by atoms with Crippen molar-refractivity contribution >= 4 is 10.9 Å². The van der Waals surface area contributed by atoms with Crippen LogP contribution in [0.4, 0.5) is 0 Å². The number of nitrogens with zero attached hydrogens (tertiary/aromatic N) is 2. The van der Waals surface area contributed by atoms with Crippen LogP contribution in [0.2, 0.25) is 0 Å². The van der Waals surface area contributed by atoms with Gasteiger partial charge in [0.05, 0.1) is 26.9 Å². The molecular weight excluding hydrogens is 478 g/mol. The Labute approximate surface area is 225 Å². The highest BCUT2D eigenvalue weighted by atomic mass is 16.5. The average molecular weight is 520 g/mol. The third kappa shape index (κ3) is 4.81. The minimum Gasteiger partial charge on any atom is -0.497 e. The molecule has 0 unspecified atom stereocenters. The lowest BCUT2D eigenvalue weighted by Gasteiger charge is -2.50. The molecule has 0 aliphatic carbocycles. The molecule has 1 spiro atoms. The zero-order valence-electron chi connectivity index (χ0n) is 22.7. The van der Waals surface area contributed by atoms with Crippen molar-refractivity contribution < 1.29 is 19.3 Å². The predicted molar refractivity (Wildman–Crippen MR) is 149 cm³/mol. The van der Waals surface area contributed by atoms with Crippen LogP contribution in [-0.2, 0) is 16.7 Å². The van der Waals surface area contributed by atoms with E-state index in [2.05, 4.69) is 51.2 Å². The molecule has 2 saturated heterocycles. The summed E-state index contributed by atoms with van der Waals surface area (Å²) in [5.41, 5.74) is 4.93. The van der Waals surface area contributed by atoms with E-state index < -0.39 is 0 Å². The first-order valence-corrected chi connectivity index (χ1v) is 14.1. The monoisotopic (exact) mass is 519 g/mol. The number of methoxy groups -OCH3 is 2.